The van der Waals surface area contributed by atoms with Crippen molar-refractivity contribution >= 4 is 29.0 Å². The normalized spacial score (nSPS) is 17.1. The van der Waals surface area contributed by atoms with Gasteiger partial charge in [-0.3, -0.25) is 19.3 Å². The summed E-state index contributed by atoms with van der Waals surface area (Å²) in [5.41, 5.74) is 9.07. The number of likely N-dealkylation sites (tertiary alicyclic amines) is 2. The summed E-state index contributed by atoms with van der Waals surface area (Å²) >= 11 is 0. The molecule has 0 bridgehead atoms. The van der Waals surface area contributed by atoms with E-state index in [1.54, 1.807) is 0 Å². The first kappa shape index (κ1) is 38.5. The van der Waals surface area contributed by atoms with Crippen LogP contribution < -0.4 is 15.4 Å². The molecule has 4 aromatic rings. The number of nitrogens with zero attached hydrogens (tertiary/aromatic N) is 2. The van der Waals surface area contributed by atoms with Crippen molar-refractivity contribution in [2.24, 2.45) is 5.92 Å². The predicted molar refractivity (Wildman–Crippen MR) is 220 cm³/mol. The molecule has 0 spiro atoms. The summed E-state index contributed by atoms with van der Waals surface area (Å²) in [7, 11) is 0. The highest BCUT2D eigenvalue weighted by Crippen LogP contribution is 2.29. The second-order valence-electron chi connectivity index (χ2n) is 16.0. The van der Waals surface area contributed by atoms with E-state index in [-0.39, 0.29) is 29.6 Å². The van der Waals surface area contributed by atoms with Gasteiger partial charge in [0.25, 0.3) is 0 Å². The van der Waals surface area contributed by atoms with Gasteiger partial charge in [-0.2, -0.15) is 0 Å². The molecule has 0 radical (unpaired) electrons. The summed E-state index contributed by atoms with van der Waals surface area (Å²) in [6.07, 6.45) is 8.69. The van der Waals surface area contributed by atoms with Crippen molar-refractivity contribution in [3.63, 3.8) is 0 Å². The third-order valence-electron chi connectivity index (χ3n) is 11.4. The molecule has 8 heteroatoms. The molecular weight excluding hydrogens is 685 g/mol. The first-order chi connectivity index (χ1) is 26.8. The molecule has 2 fully saturated rings. The number of hydrogen-bond donors (Lipinski definition) is 2. The van der Waals surface area contributed by atoms with E-state index >= 15 is 0 Å². The van der Waals surface area contributed by atoms with E-state index < -0.39 is 0 Å². The molecule has 4 aliphatic rings. The number of nitrogens with one attached hydrogen (secondary N) is 2. The van der Waals surface area contributed by atoms with Gasteiger partial charge in [0.05, 0.1) is 0 Å². The molecule has 8 nitrogen and oxygen atoms in total. The van der Waals surface area contributed by atoms with Crippen molar-refractivity contribution in [1.29, 1.82) is 0 Å². The summed E-state index contributed by atoms with van der Waals surface area (Å²) in [5, 5.41) is 5.79. The Hall–Kier alpha value is -4.79. The summed E-state index contributed by atoms with van der Waals surface area (Å²) in [6, 6.07) is 31.4. The maximum atomic E-state index is 12.8. The van der Waals surface area contributed by atoms with Crippen molar-refractivity contribution in [2.75, 3.05) is 49.9 Å². The van der Waals surface area contributed by atoms with Crippen LogP contribution in [0.25, 0.3) is 0 Å². The second kappa shape index (κ2) is 18.2. The third kappa shape index (κ3) is 10.5. The number of fused-ring (bicyclic) bond motifs is 2. The van der Waals surface area contributed by atoms with E-state index in [2.05, 4.69) is 94.9 Å². The van der Waals surface area contributed by atoms with Gasteiger partial charge in [-0.05, 0) is 128 Å². The fourth-order valence-corrected chi connectivity index (χ4v) is 7.98. The van der Waals surface area contributed by atoms with Crippen molar-refractivity contribution in [3.8, 4) is 5.75 Å². The van der Waals surface area contributed by atoms with Gasteiger partial charge in [0, 0.05) is 61.9 Å². The highest BCUT2D eigenvalue weighted by Gasteiger charge is 2.33. The maximum absolute atomic E-state index is 12.8. The van der Waals surface area contributed by atoms with Gasteiger partial charge < -0.3 is 20.3 Å². The Kier molecular flexibility index (Phi) is 12.8. The molecule has 0 unspecified atom stereocenters. The number of benzene rings is 4. The Morgan fingerprint density at radius 1 is 0.673 bits per heavy atom. The third-order valence-corrected chi connectivity index (χ3v) is 11.4. The summed E-state index contributed by atoms with van der Waals surface area (Å²) in [4.78, 5) is 40.5. The first-order valence-corrected chi connectivity index (χ1v) is 20.4. The number of rotatable bonds is 14. The molecule has 8 rings (SSSR count). The lowest BCUT2D eigenvalue weighted by atomic mass is 9.88. The summed E-state index contributed by atoms with van der Waals surface area (Å²) < 4.78 is 6.08. The minimum absolute atomic E-state index is 0.0591. The molecule has 2 N–H and O–H groups in total. The number of ketones is 1. The van der Waals surface area contributed by atoms with Crippen LogP contribution in [-0.4, -0.2) is 72.8 Å². The van der Waals surface area contributed by atoms with Gasteiger partial charge in [-0.1, -0.05) is 68.4 Å². The number of hydrogen-bond acceptors (Lipinski definition) is 6. The van der Waals surface area contributed by atoms with Crippen LogP contribution in [0.1, 0.15) is 90.0 Å². The zero-order chi connectivity index (χ0) is 38.1. The number of aryl methyl sites for hydroxylation is 4. The number of ether oxygens (including phenoxy) is 1. The quantitative estimate of drug-likeness (QED) is 0.100. The molecule has 4 aliphatic heterocycles. The molecule has 4 aromatic carbocycles. The zero-order valence-electron chi connectivity index (χ0n) is 32.5. The SMILES string of the molecule is CC(C)c1ccc(CCCCN2CC(C(=O)c3ccc4c(c3)CCC(=O)N4)C2)cc1.O=C1CCc2cc(OC3CN(CCCc4ccccc4)C3)ccc2N1. The lowest BCUT2D eigenvalue weighted by Crippen LogP contribution is -2.53. The van der Waals surface area contributed by atoms with Gasteiger partial charge in [0.1, 0.15) is 11.9 Å². The van der Waals surface area contributed by atoms with Crippen LogP contribution in [0.4, 0.5) is 11.4 Å². The fraction of sp³-hybridized carbons (Fsp3) is 0.426. The number of carbonyl (C=O) groups excluding carboxylic acids is 3. The molecule has 0 saturated carbocycles. The minimum atomic E-state index is 0.0591. The number of amides is 2. The molecule has 2 saturated heterocycles. The molecule has 55 heavy (non-hydrogen) atoms. The van der Waals surface area contributed by atoms with Crippen LogP contribution in [0.2, 0.25) is 0 Å². The Bertz CT molecular complexity index is 1930. The number of Topliss-reactive ketones (excluding diaryl/α,β-unsaturated/α-hetero) is 1. The monoisotopic (exact) mass is 740 g/mol. The van der Waals surface area contributed by atoms with Gasteiger partial charge >= 0.3 is 0 Å². The standard InChI is InChI=1S/C26H32N2O2.C21H24N2O2/c1-18(2)20-8-6-19(7-9-20)5-3-4-14-28-16-23(17-28)26(30)22-10-12-24-21(15-22)11-13-25(29)27-24;24-21-11-8-17-13-18(9-10-20(17)22-21)25-19-14-23(15-19)12-4-7-16-5-2-1-3-6-16/h6-10,12,15,18,23H,3-5,11,13-14,16-17H2,1-2H3,(H,27,29);1-3,5-6,9-10,13,19H,4,7-8,11-12,14-15H2,(H,22,24). The highest BCUT2D eigenvalue weighted by atomic mass is 16.5. The lowest BCUT2D eigenvalue weighted by Gasteiger charge is -2.39. The summed E-state index contributed by atoms with van der Waals surface area (Å²) in [6.45, 7) is 10.4. The van der Waals surface area contributed by atoms with E-state index in [0.29, 0.717) is 18.8 Å². The Morgan fingerprint density at radius 3 is 1.96 bits per heavy atom. The smallest absolute Gasteiger partial charge is 0.224 e. The van der Waals surface area contributed by atoms with Crippen LogP contribution in [-0.2, 0) is 35.3 Å². The maximum Gasteiger partial charge on any atom is 0.224 e. The van der Waals surface area contributed by atoms with Crippen molar-refractivity contribution < 1.29 is 19.1 Å². The van der Waals surface area contributed by atoms with Crippen molar-refractivity contribution in [1.82, 2.24) is 9.80 Å². The van der Waals surface area contributed by atoms with Gasteiger partial charge in [-0.15, -0.1) is 0 Å². The van der Waals surface area contributed by atoms with Gasteiger partial charge in [0.2, 0.25) is 11.8 Å². The summed E-state index contributed by atoms with van der Waals surface area (Å²) in [5.74, 6) is 2.03. The molecular formula is C47H56N4O4. The molecule has 0 aliphatic carbocycles. The van der Waals surface area contributed by atoms with Crippen LogP contribution in [0.15, 0.2) is 91.0 Å². The van der Waals surface area contributed by atoms with E-state index in [9.17, 15) is 14.4 Å². The largest absolute Gasteiger partial charge is 0.488 e. The molecule has 2 amide bonds. The van der Waals surface area contributed by atoms with E-state index in [4.69, 9.17) is 4.74 Å². The van der Waals surface area contributed by atoms with Crippen LogP contribution >= 0.6 is 0 Å². The van der Waals surface area contributed by atoms with E-state index in [1.807, 2.05) is 30.3 Å². The van der Waals surface area contributed by atoms with Gasteiger partial charge in [0.15, 0.2) is 5.78 Å². The van der Waals surface area contributed by atoms with Crippen LogP contribution in [0, 0.1) is 5.92 Å². The average molecular weight is 741 g/mol. The number of unbranched alkanes of at least 4 members (excludes halogenated alkanes) is 1. The topological polar surface area (TPSA) is 91.0 Å². The lowest BCUT2D eigenvalue weighted by molar-refractivity contribution is -0.117. The van der Waals surface area contributed by atoms with E-state index in [0.717, 1.165) is 93.2 Å². The fourth-order valence-electron chi connectivity index (χ4n) is 7.98. The second-order valence-corrected chi connectivity index (χ2v) is 16.0. The average Bonchev–Trinajstić information content (AvgIpc) is 3.16. The van der Waals surface area contributed by atoms with Gasteiger partial charge in [-0.25, -0.2) is 0 Å². The molecule has 0 atom stereocenters. The Labute approximate surface area is 326 Å². The molecule has 288 valence electrons. The Morgan fingerprint density at radius 2 is 1.27 bits per heavy atom. The van der Waals surface area contributed by atoms with Crippen molar-refractivity contribution in [3.05, 3.63) is 124 Å². The molecule has 0 aromatic heterocycles. The molecule has 4 heterocycles. The highest BCUT2D eigenvalue weighted by molar-refractivity contribution is 6.00. The zero-order valence-corrected chi connectivity index (χ0v) is 32.5. The first-order valence-electron chi connectivity index (χ1n) is 20.4. The predicted octanol–water partition coefficient (Wildman–Crippen LogP) is 8.10. The minimum Gasteiger partial charge on any atom is -0.488 e. The number of anilines is 2. The van der Waals surface area contributed by atoms with Crippen molar-refractivity contribution in [2.45, 2.75) is 83.7 Å². The Balaban J connectivity index is 0.000000172. The number of carbonyl (C=O) groups is 3. The van der Waals surface area contributed by atoms with E-state index in [1.165, 1.54) is 41.5 Å². The van der Waals surface area contributed by atoms with Crippen LogP contribution in [0.3, 0.4) is 0 Å². The van der Waals surface area contributed by atoms with Crippen LogP contribution in [0.5, 0.6) is 5.75 Å².